The molecule has 0 aliphatic carbocycles. The first-order chi connectivity index (χ1) is 12.9. The summed E-state index contributed by atoms with van der Waals surface area (Å²) in [6.07, 6.45) is -0.399. The number of rotatable bonds is 4. The third kappa shape index (κ3) is 3.08. The predicted octanol–water partition coefficient (Wildman–Crippen LogP) is 3.56. The number of thiazole rings is 1. The molecule has 0 amide bonds. The maximum Gasteiger partial charge on any atom is 0.308 e. The largest absolute Gasteiger partial charge is 0.481 e. The standard InChI is InChI=1S/C19H12F2N2O3S/c20-12-5-6-13-18(17(12)21)27-15(22-13)9-23-14-4-2-1-3-10(14)7-11(19(23)26)8-16(24)25/h1-7H,8-9H2,(H,24,25). The van der Waals surface area contributed by atoms with E-state index in [1.807, 2.05) is 0 Å². The van der Waals surface area contributed by atoms with Crippen LogP contribution in [-0.2, 0) is 17.8 Å². The number of carboxylic acids is 1. The van der Waals surface area contributed by atoms with Gasteiger partial charge in [0.05, 0.1) is 28.7 Å². The number of benzene rings is 2. The lowest BCUT2D eigenvalue weighted by atomic mass is 10.1. The summed E-state index contributed by atoms with van der Waals surface area (Å²) in [5.74, 6) is -3.02. The van der Waals surface area contributed by atoms with Crippen molar-refractivity contribution in [2.75, 3.05) is 0 Å². The van der Waals surface area contributed by atoms with Crippen LogP contribution < -0.4 is 5.56 Å². The fourth-order valence-electron chi connectivity index (χ4n) is 3.02. The summed E-state index contributed by atoms with van der Waals surface area (Å²) in [5, 5.41) is 10.2. The van der Waals surface area contributed by atoms with Crippen molar-refractivity contribution in [3.05, 3.63) is 75.0 Å². The van der Waals surface area contributed by atoms with E-state index < -0.39 is 29.6 Å². The molecule has 0 spiro atoms. The van der Waals surface area contributed by atoms with Crippen LogP contribution in [0.1, 0.15) is 10.6 Å². The zero-order valence-electron chi connectivity index (χ0n) is 13.8. The summed E-state index contributed by atoms with van der Waals surface area (Å²) < 4.78 is 28.9. The van der Waals surface area contributed by atoms with Gasteiger partial charge in [-0.15, -0.1) is 11.3 Å². The Bertz CT molecular complexity index is 1260. The highest BCUT2D eigenvalue weighted by molar-refractivity contribution is 7.18. The van der Waals surface area contributed by atoms with Gasteiger partial charge in [-0.05, 0) is 29.7 Å². The summed E-state index contributed by atoms with van der Waals surface area (Å²) >= 11 is 0.968. The maximum atomic E-state index is 14.0. The lowest BCUT2D eigenvalue weighted by Gasteiger charge is -2.11. The average molecular weight is 386 g/mol. The molecule has 27 heavy (non-hydrogen) atoms. The molecule has 0 aliphatic rings. The molecule has 136 valence electrons. The summed E-state index contributed by atoms with van der Waals surface area (Å²) in [4.78, 5) is 28.2. The molecule has 0 saturated heterocycles. The fourth-order valence-corrected chi connectivity index (χ4v) is 4.00. The molecule has 8 heteroatoms. The van der Waals surface area contributed by atoms with Crippen molar-refractivity contribution in [3.63, 3.8) is 0 Å². The first kappa shape index (κ1) is 17.3. The minimum Gasteiger partial charge on any atom is -0.481 e. The molecule has 0 unspecified atom stereocenters. The third-order valence-corrected chi connectivity index (χ3v) is 5.25. The van der Waals surface area contributed by atoms with Gasteiger partial charge in [0.1, 0.15) is 5.01 Å². The summed E-state index contributed by atoms with van der Waals surface area (Å²) in [7, 11) is 0. The lowest BCUT2D eigenvalue weighted by Crippen LogP contribution is -2.26. The van der Waals surface area contributed by atoms with Gasteiger partial charge in [-0.2, -0.15) is 0 Å². The quantitative estimate of drug-likeness (QED) is 0.582. The van der Waals surface area contributed by atoms with Gasteiger partial charge in [-0.1, -0.05) is 18.2 Å². The van der Waals surface area contributed by atoms with Crippen molar-refractivity contribution in [2.24, 2.45) is 0 Å². The minimum absolute atomic E-state index is 0.0349. The van der Waals surface area contributed by atoms with Crippen LogP contribution in [0.25, 0.3) is 21.1 Å². The number of hydrogen-bond acceptors (Lipinski definition) is 4. The second-order valence-corrected chi connectivity index (χ2v) is 7.09. The van der Waals surface area contributed by atoms with E-state index in [0.29, 0.717) is 21.4 Å². The van der Waals surface area contributed by atoms with Crippen LogP contribution in [0, 0.1) is 11.6 Å². The molecule has 2 aromatic heterocycles. The Morgan fingerprint density at radius 2 is 1.96 bits per heavy atom. The number of halogens is 2. The van der Waals surface area contributed by atoms with E-state index in [1.165, 1.54) is 10.6 Å². The fraction of sp³-hybridized carbons (Fsp3) is 0.105. The Morgan fingerprint density at radius 1 is 1.19 bits per heavy atom. The highest BCUT2D eigenvalue weighted by Gasteiger charge is 2.16. The Kier molecular flexibility index (Phi) is 4.19. The van der Waals surface area contributed by atoms with E-state index in [2.05, 4.69) is 4.98 Å². The Labute approximate surface area is 155 Å². The van der Waals surface area contributed by atoms with Crippen molar-refractivity contribution in [3.8, 4) is 0 Å². The number of nitrogens with zero attached hydrogens (tertiary/aromatic N) is 2. The van der Waals surface area contributed by atoms with Gasteiger partial charge in [0.2, 0.25) is 0 Å². The van der Waals surface area contributed by atoms with Crippen molar-refractivity contribution < 1.29 is 18.7 Å². The van der Waals surface area contributed by atoms with Crippen LogP contribution in [0.15, 0.2) is 47.3 Å². The van der Waals surface area contributed by atoms with E-state index in [4.69, 9.17) is 5.11 Å². The number of carbonyl (C=O) groups is 1. The topological polar surface area (TPSA) is 72.2 Å². The van der Waals surface area contributed by atoms with Gasteiger partial charge in [-0.25, -0.2) is 13.8 Å². The minimum atomic E-state index is -1.11. The molecule has 0 saturated carbocycles. The summed E-state index contributed by atoms with van der Waals surface area (Å²) in [6.45, 7) is 0.0349. The van der Waals surface area contributed by atoms with Gasteiger partial charge < -0.3 is 9.67 Å². The second kappa shape index (κ2) is 6.55. The predicted molar refractivity (Wildman–Crippen MR) is 98.2 cm³/mol. The van der Waals surface area contributed by atoms with Gasteiger partial charge in [0, 0.05) is 5.56 Å². The first-order valence-corrected chi connectivity index (χ1v) is 8.82. The zero-order chi connectivity index (χ0) is 19.1. The molecule has 1 N–H and O–H groups in total. The van der Waals surface area contributed by atoms with Crippen LogP contribution in [0.3, 0.4) is 0 Å². The monoisotopic (exact) mass is 386 g/mol. The maximum absolute atomic E-state index is 14.0. The van der Waals surface area contributed by atoms with Crippen molar-refractivity contribution >= 4 is 38.4 Å². The Balaban J connectivity index is 1.88. The second-order valence-electron chi connectivity index (χ2n) is 6.01. The van der Waals surface area contributed by atoms with E-state index >= 15 is 0 Å². The molecule has 0 atom stereocenters. The first-order valence-electron chi connectivity index (χ1n) is 8.00. The number of aromatic nitrogens is 2. The molecule has 0 radical (unpaired) electrons. The third-order valence-electron chi connectivity index (χ3n) is 4.21. The van der Waals surface area contributed by atoms with E-state index in [1.54, 1.807) is 30.3 Å². The molecule has 5 nitrogen and oxygen atoms in total. The van der Waals surface area contributed by atoms with E-state index in [0.717, 1.165) is 17.4 Å². The van der Waals surface area contributed by atoms with Crippen LogP contribution in [0.2, 0.25) is 0 Å². The molecule has 4 aromatic rings. The Hall–Kier alpha value is -3.13. The van der Waals surface area contributed by atoms with E-state index in [9.17, 15) is 18.4 Å². The summed E-state index contributed by atoms with van der Waals surface area (Å²) in [6, 6.07) is 11.0. The average Bonchev–Trinajstić information content (AvgIpc) is 3.05. The number of aliphatic carboxylic acids is 1. The molecule has 0 bridgehead atoms. The molecule has 0 fully saturated rings. The van der Waals surface area contributed by atoms with Gasteiger partial charge in [0.15, 0.2) is 11.6 Å². The number of para-hydroxylation sites is 1. The van der Waals surface area contributed by atoms with Gasteiger partial charge in [-0.3, -0.25) is 9.59 Å². The summed E-state index contributed by atoms with van der Waals surface area (Å²) in [5.41, 5.74) is 0.636. The van der Waals surface area contributed by atoms with Gasteiger partial charge >= 0.3 is 5.97 Å². The smallest absolute Gasteiger partial charge is 0.308 e. The number of hydrogen-bond donors (Lipinski definition) is 1. The number of carboxylic acid groups (broad SMARTS) is 1. The van der Waals surface area contributed by atoms with Crippen molar-refractivity contribution in [2.45, 2.75) is 13.0 Å². The van der Waals surface area contributed by atoms with Crippen LogP contribution in [-0.4, -0.2) is 20.6 Å². The number of pyridine rings is 1. The van der Waals surface area contributed by atoms with E-state index in [-0.39, 0.29) is 16.8 Å². The molecule has 2 aromatic carbocycles. The van der Waals surface area contributed by atoms with Crippen LogP contribution in [0.4, 0.5) is 8.78 Å². The van der Waals surface area contributed by atoms with Crippen LogP contribution in [0.5, 0.6) is 0 Å². The van der Waals surface area contributed by atoms with Crippen LogP contribution >= 0.6 is 11.3 Å². The molecule has 2 heterocycles. The van der Waals surface area contributed by atoms with Crippen molar-refractivity contribution in [1.82, 2.24) is 9.55 Å². The van der Waals surface area contributed by atoms with Gasteiger partial charge in [0.25, 0.3) is 5.56 Å². The zero-order valence-corrected chi connectivity index (χ0v) is 14.6. The van der Waals surface area contributed by atoms with Crippen molar-refractivity contribution in [1.29, 1.82) is 0 Å². The number of fused-ring (bicyclic) bond motifs is 2. The Morgan fingerprint density at radius 3 is 2.74 bits per heavy atom. The SMILES string of the molecule is O=C(O)Cc1cc2ccccc2n(Cc2nc3ccc(F)c(F)c3s2)c1=O. The molecule has 0 aliphatic heterocycles. The highest BCUT2D eigenvalue weighted by Crippen LogP contribution is 2.27. The molecular formula is C19H12F2N2O3S. The highest BCUT2D eigenvalue weighted by atomic mass is 32.1. The molecular weight excluding hydrogens is 374 g/mol. The molecule has 4 rings (SSSR count). The lowest BCUT2D eigenvalue weighted by molar-refractivity contribution is -0.136. The normalized spacial score (nSPS) is 11.3.